The van der Waals surface area contributed by atoms with Crippen LogP contribution < -0.4 is 11.1 Å². The summed E-state index contributed by atoms with van der Waals surface area (Å²) in [6.07, 6.45) is 3.74. The predicted molar refractivity (Wildman–Crippen MR) is 320 cm³/mol. The zero-order valence-corrected chi connectivity index (χ0v) is 42.9. The largest absolute Gasteiger partial charge is 0.313 e. The average molecular weight is 1060 g/mol. The van der Waals surface area contributed by atoms with Gasteiger partial charge < -0.3 is 13.4 Å². The number of hydrogen-bond donors (Lipinski definition) is 0. The van der Waals surface area contributed by atoms with Gasteiger partial charge in [0.15, 0.2) is 0 Å². The van der Waals surface area contributed by atoms with Crippen LogP contribution in [0.1, 0.15) is 11.1 Å². The summed E-state index contributed by atoms with van der Waals surface area (Å²) in [5.41, 5.74) is 10.0. The molecule has 0 aliphatic carbocycles. The van der Waals surface area contributed by atoms with Crippen molar-refractivity contribution in [1.82, 2.24) is 26.1 Å². The van der Waals surface area contributed by atoms with E-state index in [1.807, 2.05) is 148 Å². The highest BCUT2D eigenvalue weighted by Gasteiger charge is 2.35. The van der Waals surface area contributed by atoms with E-state index in [-0.39, 0.29) is 27.1 Å². The van der Waals surface area contributed by atoms with Crippen molar-refractivity contribution in [1.29, 1.82) is 10.5 Å². The Hall–Kier alpha value is -11.3. The molecule has 1 aliphatic heterocycles. The van der Waals surface area contributed by atoms with Crippen LogP contribution in [0, 0.1) is 22.7 Å². The maximum atomic E-state index is 16.0. The highest BCUT2D eigenvalue weighted by atomic mass is 32.2. The lowest BCUT2D eigenvalue weighted by Gasteiger charge is -2.13. The summed E-state index contributed by atoms with van der Waals surface area (Å²) >= 11 is 0. The molecule has 8 aromatic heterocycles. The number of nitrogens with zero attached hydrogens (tertiary/aromatic N) is 8. The summed E-state index contributed by atoms with van der Waals surface area (Å²) < 4.78 is 41.1. The maximum Gasteiger partial charge on any atom is 0.270 e. The summed E-state index contributed by atoms with van der Waals surface area (Å²) in [5, 5.41) is 32.7. The minimum Gasteiger partial charge on any atom is -0.313 e. The molecule has 0 amide bonds. The molecular weight excluding hydrogens is 1020 g/mol. The van der Waals surface area contributed by atoms with Gasteiger partial charge in [0.1, 0.15) is 17.0 Å². The number of benzene rings is 10. The van der Waals surface area contributed by atoms with Gasteiger partial charge in [-0.3, -0.25) is 18.4 Å². The fraction of sp³-hybridized carbons (Fsp3) is 0. The van der Waals surface area contributed by atoms with Gasteiger partial charge in [0, 0.05) is 61.0 Å². The summed E-state index contributed by atoms with van der Waals surface area (Å²) in [5.74, 6) is 0. The number of fused-ring (bicyclic) bond motifs is 18. The lowest BCUT2D eigenvalue weighted by molar-refractivity contribution is 0.589. The van der Waals surface area contributed by atoms with Gasteiger partial charge in [0.05, 0.1) is 94.1 Å². The molecule has 0 fully saturated rings. The fourth-order valence-electron chi connectivity index (χ4n) is 14.6. The van der Waals surface area contributed by atoms with E-state index in [2.05, 4.69) is 57.5 Å². The molecule has 0 saturated heterocycles. The first-order valence-corrected chi connectivity index (χ1v) is 27.9. The molecule has 19 rings (SSSR count). The molecule has 0 saturated carbocycles. The molecule has 0 radical (unpaired) electrons. The van der Waals surface area contributed by atoms with Crippen LogP contribution in [0.3, 0.4) is 0 Å². The minimum absolute atomic E-state index is 0.140. The second-order valence-corrected chi connectivity index (χ2v) is 23.1. The third-order valence-corrected chi connectivity index (χ3v) is 19.5. The van der Waals surface area contributed by atoms with Gasteiger partial charge in [-0.2, -0.15) is 10.5 Å². The van der Waals surface area contributed by atoms with Crippen molar-refractivity contribution in [3.05, 3.63) is 226 Å². The molecule has 13 heteroatoms. The van der Waals surface area contributed by atoms with Crippen LogP contribution in [0.4, 0.5) is 0 Å². The molecule has 0 bridgehead atoms. The van der Waals surface area contributed by atoms with Crippen LogP contribution in [0.2, 0.25) is 0 Å². The first kappa shape index (κ1) is 42.8. The Labute approximate surface area is 454 Å². The number of hydrogen-bond acceptors (Lipinski definition) is 6. The quantitative estimate of drug-likeness (QED) is 0.169. The monoisotopic (exact) mass is 1060 g/mol. The Morgan fingerprint density at radius 3 is 1.67 bits per heavy atom. The van der Waals surface area contributed by atoms with E-state index < -0.39 is 10.0 Å². The summed E-state index contributed by atoms with van der Waals surface area (Å²) in [7, 11) is -4.10. The second kappa shape index (κ2) is 14.3. The van der Waals surface area contributed by atoms with Crippen molar-refractivity contribution < 1.29 is 8.42 Å². The van der Waals surface area contributed by atoms with Crippen molar-refractivity contribution >= 4 is 141 Å². The van der Waals surface area contributed by atoms with Crippen molar-refractivity contribution in [2.75, 3.05) is 0 Å². The number of para-hydroxylation sites is 4. The Morgan fingerprint density at radius 2 is 0.938 bits per heavy atom. The van der Waals surface area contributed by atoms with Crippen LogP contribution in [-0.4, -0.2) is 34.6 Å². The smallest absolute Gasteiger partial charge is 0.270 e. The molecule has 12 nitrogen and oxygen atoms in total. The van der Waals surface area contributed by atoms with Gasteiger partial charge in [0.25, 0.3) is 21.1 Å². The summed E-state index contributed by atoms with van der Waals surface area (Å²) in [4.78, 5) is 31.7. The molecule has 9 heterocycles. The normalized spacial score (nSPS) is 13.5. The van der Waals surface area contributed by atoms with E-state index in [4.69, 9.17) is 0 Å². The Morgan fingerprint density at radius 1 is 0.395 bits per heavy atom. The van der Waals surface area contributed by atoms with Gasteiger partial charge >= 0.3 is 0 Å². The first-order chi connectivity index (χ1) is 39.8. The van der Waals surface area contributed by atoms with E-state index in [0.29, 0.717) is 82.6 Å². The fourth-order valence-corrected chi connectivity index (χ4v) is 16.1. The SMILES string of the molecule is N#Cc1c(C#N)c2c3ccccc3n3c4ccccc4c(=O)n4c5cc(-c6cn7c8ccccc8c(=O)n8c(-c9cc%10c%11ccccc%11c%11ccn%12c%11c%10n9-c9ccccc9S%12(=O)=O)cc9c%10ccccc%10c6c7c98)ccc5c1c4c23. The first-order valence-electron chi connectivity index (χ1n) is 26.5. The van der Waals surface area contributed by atoms with E-state index in [1.54, 1.807) is 22.7 Å². The van der Waals surface area contributed by atoms with Gasteiger partial charge in [-0.05, 0) is 93.8 Å². The molecule has 10 aromatic carbocycles. The summed E-state index contributed by atoms with van der Waals surface area (Å²) in [6, 6.07) is 63.4. The summed E-state index contributed by atoms with van der Waals surface area (Å²) in [6.45, 7) is 0. The highest BCUT2D eigenvalue weighted by molar-refractivity contribution is 7.90. The van der Waals surface area contributed by atoms with Crippen LogP contribution in [0.15, 0.2) is 209 Å². The predicted octanol–water partition coefficient (Wildman–Crippen LogP) is 14.0. The Bertz CT molecular complexity index is 6430. The zero-order chi connectivity index (χ0) is 53.6. The highest BCUT2D eigenvalue weighted by Crippen LogP contribution is 2.50. The minimum atomic E-state index is -4.10. The Balaban J connectivity index is 0.991. The molecule has 374 valence electrons. The van der Waals surface area contributed by atoms with Crippen molar-refractivity contribution in [3.8, 4) is 40.3 Å². The van der Waals surface area contributed by atoms with E-state index >= 15 is 9.59 Å². The van der Waals surface area contributed by atoms with Gasteiger partial charge in [0.2, 0.25) is 0 Å². The van der Waals surface area contributed by atoms with E-state index in [0.717, 1.165) is 76.2 Å². The molecule has 0 unspecified atom stereocenters. The van der Waals surface area contributed by atoms with Gasteiger partial charge in [-0.1, -0.05) is 115 Å². The molecule has 0 N–H and O–H groups in total. The molecule has 18 aromatic rings. The molecule has 81 heavy (non-hydrogen) atoms. The molecule has 0 spiro atoms. The zero-order valence-electron chi connectivity index (χ0n) is 42.1. The number of rotatable bonds is 2. The third-order valence-electron chi connectivity index (χ3n) is 17.7. The lowest BCUT2D eigenvalue weighted by Crippen LogP contribution is -2.13. The molecule has 1 aliphatic rings. The standard InChI is InChI=1S/C68H32N8O4S/c69-32-47-48(33-70)60-42-26-25-35(29-54(42)75-66(60)65-59(47)41-17-5-9-21-51(41)73(65)52-22-10-7-19-44(52)68(75)78)49-34-71-50-20-8-6-18-43(50)67(77)76-56(31-46-38-15-3-4-16-39(38)58(49)64(71)63(46)76)55-30-45-37-14-2-1-13-36(37)40-27-28-72-61(40)62(45)74(55)53-23-11-12-24-57(53)81(72,79)80/h1-31,34H. The number of aromatic nitrogens is 6. The third kappa shape index (κ3) is 4.80. The van der Waals surface area contributed by atoms with Gasteiger partial charge in [-0.15, -0.1) is 0 Å². The molecular formula is C68H32N8O4S. The van der Waals surface area contributed by atoms with E-state index in [1.165, 1.54) is 3.97 Å². The van der Waals surface area contributed by atoms with Crippen LogP contribution in [-0.2, 0) is 10.0 Å². The van der Waals surface area contributed by atoms with Crippen LogP contribution in [0.25, 0.3) is 159 Å². The van der Waals surface area contributed by atoms with Crippen LogP contribution >= 0.6 is 0 Å². The van der Waals surface area contributed by atoms with Crippen molar-refractivity contribution in [2.24, 2.45) is 0 Å². The number of nitriles is 2. The second-order valence-electron chi connectivity index (χ2n) is 21.3. The van der Waals surface area contributed by atoms with Crippen LogP contribution in [0.5, 0.6) is 0 Å². The Kier molecular flexibility index (Phi) is 7.54. The van der Waals surface area contributed by atoms with Crippen molar-refractivity contribution in [2.45, 2.75) is 4.90 Å². The average Bonchev–Trinajstić information content (AvgIpc) is 4.16. The van der Waals surface area contributed by atoms with Gasteiger partial charge in [-0.25, -0.2) is 12.4 Å². The van der Waals surface area contributed by atoms with Crippen molar-refractivity contribution in [3.63, 3.8) is 0 Å². The molecule has 0 atom stereocenters. The van der Waals surface area contributed by atoms with E-state index in [9.17, 15) is 18.9 Å². The topological polar surface area (TPSA) is 143 Å². The maximum absolute atomic E-state index is 16.0. The lowest BCUT2D eigenvalue weighted by atomic mass is 9.95.